The second-order valence-corrected chi connectivity index (χ2v) is 11.2. The van der Waals surface area contributed by atoms with Crippen molar-refractivity contribution < 1.29 is 49.1 Å². The number of carbonyl (C=O) groups is 4. The number of nitrogens with zero attached hydrogens (tertiary/aromatic N) is 2. The van der Waals surface area contributed by atoms with Gasteiger partial charge >= 0.3 is 23.9 Å². The molecule has 0 fully saturated rings. The number of hydrogen-bond donors (Lipinski definition) is 6. The first-order chi connectivity index (χ1) is 21.7. The van der Waals surface area contributed by atoms with Gasteiger partial charge in [0.15, 0.2) is 0 Å². The van der Waals surface area contributed by atoms with E-state index in [2.05, 4.69) is 42.5 Å². The highest BCUT2D eigenvalue weighted by atomic mass is 79.9. The molecule has 0 amide bonds. The Morgan fingerprint density at radius 3 is 1.28 bits per heavy atom. The van der Waals surface area contributed by atoms with Gasteiger partial charge in [0.2, 0.25) is 0 Å². The van der Waals surface area contributed by atoms with Gasteiger partial charge in [0, 0.05) is 49.3 Å². The molecule has 0 unspecified atom stereocenters. The summed E-state index contributed by atoms with van der Waals surface area (Å²) < 4.78 is 15.3. The van der Waals surface area contributed by atoms with Crippen LogP contribution in [-0.2, 0) is 46.2 Å². The zero-order chi connectivity index (χ0) is 34.9. The number of hydrogen-bond acceptors (Lipinski definition) is 10. The second-order valence-electron chi connectivity index (χ2n) is 9.51. The molecule has 4 rings (SSSR count). The summed E-state index contributed by atoms with van der Waals surface area (Å²) in [6.45, 7) is 5.26. The molecule has 47 heavy (non-hydrogen) atoms. The molecule has 17 heteroatoms. The summed E-state index contributed by atoms with van der Waals surface area (Å²) in [5.74, 6) is -4.19. The average Bonchev–Trinajstić information content (AvgIpc) is 3.40. The summed E-state index contributed by atoms with van der Waals surface area (Å²) in [7, 11) is 7.42. The third kappa shape index (κ3) is 9.70. The van der Waals surface area contributed by atoms with Gasteiger partial charge in [-0.3, -0.25) is 0 Å². The summed E-state index contributed by atoms with van der Waals surface area (Å²) in [6.07, 6.45) is 0. The lowest BCUT2D eigenvalue weighted by Crippen LogP contribution is -2.14. The number of aryl methyl sites for hydroxylation is 2. The molecular formula is C30H37Br3N4O10. The molecule has 0 saturated heterocycles. The number of aromatic hydroxyl groups is 2. The number of carbonyl (C=O) groups excluding carboxylic acids is 2. The molecule has 0 spiro atoms. The molecule has 2 aromatic heterocycles. The molecule has 0 atom stereocenters. The minimum Gasteiger partial charge on any atom is -0.507 e. The van der Waals surface area contributed by atoms with E-state index in [-0.39, 0.29) is 40.4 Å². The molecule has 14 nitrogen and oxygen atoms in total. The second kappa shape index (κ2) is 18.6. The predicted molar refractivity (Wildman–Crippen MR) is 188 cm³/mol. The highest BCUT2D eigenvalue weighted by Gasteiger charge is 2.24. The average molecular weight is 853 g/mol. The van der Waals surface area contributed by atoms with Crippen molar-refractivity contribution in [3.05, 3.63) is 55.7 Å². The topological polar surface area (TPSA) is 202 Å². The summed E-state index contributed by atoms with van der Waals surface area (Å²) in [4.78, 5) is 42.6. The zero-order valence-electron chi connectivity index (χ0n) is 26.4. The molecule has 4 aromatic rings. The van der Waals surface area contributed by atoms with Gasteiger partial charge in [-0.25, -0.2) is 19.2 Å². The van der Waals surface area contributed by atoms with Crippen molar-refractivity contribution in [2.24, 2.45) is 14.1 Å². The monoisotopic (exact) mass is 850 g/mol. The zero-order valence-corrected chi connectivity index (χ0v) is 31.3. The minimum atomic E-state index is -1.82. The number of esters is 2. The number of phenolic OH excluding ortho intramolecular Hbond substituents is 2. The largest absolute Gasteiger partial charge is 0.507 e. The first kappa shape index (κ1) is 41.4. The van der Waals surface area contributed by atoms with E-state index in [9.17, 15) is 19.8 Å². The number of halogens is 3. The van der Waals surface area contributed by atoms with Crippen molar-refractivity contribution in [2.75, 3.05) is 27.3 Å². The number of nitrogens with one attached hydrogen (secondary N) is 2. The maximum absolute atomic E-state index is 12.2. The van der Waals surface area contributed by atoms with Crippen LogP contribution < -0.4 is 10.6 Å². The number of carboxylic acid groups (broad SMARTS) is 2. The summed E-state index contributed by atoms with van der Waals surface area (Å²) >= 11 is 6.59. The number of phenols is 2. The van der Waals surface area contributed by atoms with Crippen LogP contribution in [0.3, 0.4) is 0 Å². The van der Waals surface area contributed by atoms with Crippen LogP contribution in [0.1, 0.15) is 46.0 Å². The Balaban J connectivity index is 0.000000394. The van der Waals surface area contributed by atoms with Crippen molar-refractivity contribution in [1.82, 2.24) is 19.8 Å². The summed E-state index contributed by atoms with van der Waals surface area (Å²) in [6, 6.07) is 6.77. The van der Waals surface area contributed by atoms with Gasteiger partial charge < -0.3 is 49.7 Å². The smallest absolute Gasteiger partial charge is 0.414 e. The number of aliphatic carboxylic acids is 2. The number of benzene rings is 2. The van der Waals surface area contributed by atoms with E-state index in [1.807, 2.05) is 37.3 Å². The van der Waals surface area contributed by atoms with Crippen LogP contribution in [0.5, 0.6) is 11.5 Å². The lowest BCUT2D eigenvalue weighted by atomic mass is 10.1. The van der Waals surface area contributed by atoms with Crippen LogP contribution in [0.25, 0.3) is 21.8 Å². The maximum Gasteiger partial charge on any atom is 0.414 e. The van der Waals surface area contributed by atoms with Crippen LogP contribution in [0.2, 0.25) is 0 Å². The van der Waals surface area contributed by atoms with Crippen molar-refractivity contribution in [1.29, 1.82) is 0 Å². The SMILES string of the molecule is Br.CCOC(=O)c1c(CNC)n(C)c2cc(Br)c(O)cc12.CCOC(=O)c1c(CNC)n(C)c2cc(Br)c(O)cc12.O=C(O)C(=O)O. The number of aromatic nitrogens is 2. The quantitative estimate of drug-likeness (QED) is 0.105. The van der Waals surface area contributed by atoms with Gasteiger partial charge in [0.05, 0.1) is 44.3 Å². The fraction of sp³-hybridized carbons (Fsp3) is 0.333. The summed E-state index contributed by atoms with van der Waals surface area (Å²) in [5.41, 5.74) is 4.39. The predicted octanol–water partition coefficient (Wildman–Crippen LogP) is 4.82. The number of carboxylic acids is 2. The molecule has 0 aliphatic rings. The van der Waals surface area contributed by atoms with Crippen molar-refractivity contribution >= 4 is 94.5 Å². The minimum absolute atomic E-state index is 0. The van der Waals surface area contributed by atoms with Crippen LogP contribution in [0.15, 0.2) is 33.2 Å². The third-order valence-corrected chi connectivity index (χ3v) is 7.88. The van der Waals surface area contributed by atoms with Gasteiger partial charge in [-0.15, -0.1) is 17.0 Å². The van der Waals surface area contributed by atoms with Gasteiger partial charge in [0.25, 0.3) is 0 Å². The van der Waals surface area contributed by atoms with Gasteiger partial charge in [-0.2, -0.15) is 0 Å². The van der Waals surface area contributed by atoms with Crippen LogP contribution in [0.4, 0.5) is 0 Å². The Bertz CT molecular complexity index is 1640. The Morgan fingerprint density at radius 2 is 1.02 bits per heavy atom. The lowest BCUT2D eigenvalue weighted by molar-refractivity contribution is -0.159. The van der Waals surface area contributed by atoms with Gasteiger partial charge in [0.1, 0.15) is 11.5 Å². The highest BCUT2D eigenvalue weighted by molar-refractivity contribution is 9.11. The van der Waals surface area contributed by atoms with Gasteiger partial charge in [-0.05, 0) is 84.1 Å². The summed E-state index contributed by atoms with van der Waals surface area (Å²) in [5, 5.41) is 42.0. The van der Waals surface area contributed by atoms with Crippen LogP contribution in [-0.4, -0.2) is 80.7 Å². The van der Waals surface area contributed by atoms with E-state index in [1.54, 1.807) is 38.1 Å². The van der Waals surface area contributed by atoms with Crippen molar-refractivity contribution in [3.63, 3.8) is 0 Å². The van der Waals surface area contributed by atoms with Crippen molar-refractivity contribution in [3.8, 4) is 11.5 Å². The maximum atomic E-state index is 12.2. The first-order valence-electron chi connectivity index (χ1n) is 13.8. The molecule has 2 aromatic carbocycles. The fourth-order valence-corrected chi connectivity index (χ4v) is 5.27. The molecule has 258 valence electrons. The van der Waals surface area contributed by atoms with Gasteiger partial charge in [-0.1, -0.05) is 0 Å². The van der Waals surface area contributed by atoms with E-state index >= 15 is 0 Å². The third-order valence-electron chi connectivity index (χ3n) is 6.61. The van der Waals surface area contributed by atoms with E-state index in [0.29, 0.717) is 57.1 Å². The number of rotatable bonds is 8. The van der Waals surface area contributed by atoms with E-state index in [0.717, 1.165) is 22.4 Å². The Morgan fingerprint density at radius 1 is 0.702 bits per heavy atom. The molecule has 0 radical (unpaired) electrons. The van der Waals surface area contributed by atoms with E-state index in [4.69, 9.17) is 29.3 Å². The molecule has 0 bridgehead atoms. The molecule has 2 heterocycles. The Hall–Kier alpha value is -3.64. The normalized spacial score (nSPS) is 10.3. The van der Waals surface area contributed by atoms with E-state index < -0.39 is 11.9 Å². The van der Waals surface area contributed by atoms with E-state index in [1.165, 1.54) is 0 Å². The molecule has 0 aliphatic carbocycles. The molecular weight excluding hydrogens is 816 g/mol. The highest BCUT2D eigenvalue weighted by Crippen LogP contribution is 2.35. The molecule has 0 aliphatic heterocycles. The van der Waals surface area contributed by atoms with Crippen molar-refractivity contribution in [2.45, 2.75) is 26.9 Å². The lowest BCUT2D eigenvalue weighted by Gasteiger charge is -2.06. The van der Waals surface area contributed by atoms with Crippen LogP contribution in [0, 0.1) is 0 Å². The standard InChI is InChI=1S/2C14H17BrN2O3.C2H2O4.BrH/c2*1-4-20-14(19)13-8-5-12(18)9(15)6-10(8)17(3)11(13)7-16-2;3-1(4)2(5)6;/h2*5-6,16,18H,4,7H2,1-3H3;(H,3,4)(H,5,6);1H. The van der Waals surface area contributed by atoms with Crippen LogP contribution >= 0.6 is 48.8 Å². The number of ether oxygens (including phenoxy) is 2. The Kier molecular flexibility index (Phi) is 16.4. The molecule has 6 N–H and O–H groups in total. The molecule has 0 saturated carbocycles. The fourth-order valence-electron chi connectivity index (χ4n) is 4.61. The number of fused-ring (bicyclic) bond motifs is 2. The first-order valence-corrected chi connectivity index (χ1v) is 15.3. The Labute approximate surface area is 297 Å².